The summed E-state index contributed by atoms with van der Waals surface area (Å²) < 4.78 is 11.4. The fourth-order valence-corrected chi connectivity index (χ4v) is 3.65. The Morgan fingerprint density at radius 1 is 1.08 bits per heavy atom. The highest BCUT2D eigenvalue weighted by Gasteiger charge is 2.52. The van der Waals surface area contributed by atoms with Crippen LogP contribution in [0.15, 0.2) is 30.3 Å². The Morgan fingerprint density at radius 2 is 1.83 bits per heavy atom. The van der Waals surface area contributed by atoms with Crippen LogP contribution in [0.5, 0.6) is 0 Å². The molecule has 4 rings (SSSR count). The van der Waals surface area contributed by atoms with Crippen LogP contribution in [0.2, 0.25) is 0 Å². The second-order valence-electron chi connectivity index (χ2n) is 6.63. The lowest BCUT2D eigenvalue weighted by Gasteiger charge is -2.32. The van der Waals surface area contributed by atoms with Gasteiger partial charge in [0.25, 0.3) is 11.8 Å². The average molecular weight is 330 g/mol. The zero-order valence-corrected chi connectivity index (χ0v) is 13.6. The van der Waals surface area contributed by atoms with Crippen LogP contribution in [0.1, 0.15) is 24.8 Å². The number of benzene rings is 1. The van der Waals surface area contributed by atoms with Gasteiger partial charge in [0.2, 0.25) is 0 Å². The number of piperidine rings is 1. The van der Waals surface area contributed by atoms with E-state index in [-0.39, 0.29) is 11.8 Å². The first-order valence-corrected chi connectivity index (χ1v) is 8.65. The van der Waals surface area contributed by atoms with E-state index in [0.717, 1.165) is 37.9 Å². The van der Waals surface area contributed by atoms with Crippen molar-refractivity contribution in [2.24, 2.45) is 0 Å². The van der Waals surface area contributed by atoms with Crippen molar-refractivity contribution < 1.29 is 19.1 Å². The number of ether oxygens (including phenoxy) is 2. The predicted octanol–water partition coefficient (Wildman–Crippen LogP) is 1.15. The van der Waals surface area contributed by atoms with Crippen molar-refractivity contribution in [3.05, 3.63) is 35.9 Å². The molecule has 0 radical (unpaired) electrons. The van der Waals surface area contributed by atoms with Crippen LogP contribution in [0.3, 0.4) is 0 Å². The molecule has 0 aliphatic carbocycles. The summed E-state index contributed by atoms with van der Waals surface area (Å²) in [6.45, 7) is 2.38. The summed E-state index contributed by atoms with van der Waals surface area (Å²) in [5.41, 5.74) is 1.06. The van der Waals surface area contributed by atoms with Crippen molar-refractivity contribution in [1.29, 1.82) is 0 Å². The molecule has 3 fully saturated rings. The lowest BCUT2D eigenvalue weighted by molar-refractivity contribution is -0.162. The Morgan fingerprint density at radius 3 is 2.58 bits per heavy atom. The molecule has 3 aliphatic rings. The van der Waals surface area contributed by atoms with E-state index in [9.17, 15) is 9.59 Å². The van der Waals surface area contributed by atoms with Crippen LogP contribution in [-0.4, -0.2) is 59.7 Å². The van der Waals surface area contributed by atoms with Crippen LogP contribution < -0.4 is 0 Å². The lowest BCUT2D eigenvalue weighted by atomic mass is 10.1. The first kappa shape index (κ1) is 15.6. The molecule has 3 heterocycles. The molecule has 1 aromatic rings. The van der Waals surface area contributed by atoms with Crippen LogP contribution in [0.4, 0.5) is 0 Å². The Labute approximate surface area is 141 Å². The topological polar surface area (TPSA) is 59.1 Å². The SMILES string of the molecule is O=C([C@@H]1O[C@H]2CN(Cc3ccccc3)C(=O)[C@@H]1O2)N1CCCCC1. The Balaban J connectivity index is 1.46. The summed E-state index contributed by atoms with van der Waals surface area (Å²) in [6.07, 6.45) is 1.09. The van der Waals surface area contributed by atoms with Gasteiger partial charge in [-0.2, -0.15) is 0 Å². The van der Waals surface area contributed by atoms with Crippen molar-refractivity contribution in [2.45, 2.75) is 44.3 Å². The van der Waals surface area contributed by atoms with Crippen LogP contribution in [0.25, 0.3) is 0 Å². The molecule has 6 heteroatoms. The molecule has 2 amide bonds. The molecule has 3 atom stereocenters. The number of carbonyl (C=O) groups is 2. The maximum absolute atomic E-state index is 12.7. The molecule has 0 unspecified atom stereocenters. The molecule has 24 heavy (non-hydrogen) atoms. The van der Waals surface area contributed by atoms with E-state index in [4.69, 9.17) is 9.47 Å². The third-order valence-corrected chi connectivity index (χ3v) is 4.92. The second kappa shape index (κ2) is 6.53. The largest absolute Gasteiger partial charge is 0.340 e. The summed E-state index contributed by atoms with van der Waals surface area (Å²) in [5, 5.41) is 0. The molecule has 2 bridgehead atoms. The summed E-state index contributed by atoms with van der Waals surface area (Å²) in [4.78, 5) is 29.0. The van der Waals surface area contributed by atoms with Gasteiger partial charge in [0, 0.05) is 19.6 Å². The van der Waals surface area contributed by atoms with Crippen molar-refractivity contribution in [3.63, 3.8) is 0 Å². The molecule has 0 saturated carbocycles. The molecule has 128 valence electrons. The van der Waals surface area contributed by atoms with Gasteiger partial charge in [0.05, 0.1) is 6.54 Å². The number of hydrogen-bond acceptors (Lipinski definition) is 4. The first-order valence-electron chi connectivity index (χ1n) is 8.65. The summed E-state index contributed by atoms with van der Waals surface area (Å²) in [5.74, 6) is -0.250. The average Bonchev–Trinajstić information content (AvgIpc) is 3.00. The maximum Gasteiger partial charge on any atom is 0.255 e. The first-order chi connectivity index (χ1) is 11.7. The number of hydrogen-bond donors (Lipinski definition) is 0. The highest BCUT2D eigenvalue weighted by Crippen LogP contribution is 2.29. The third-order valence-electron chi connectivity index (χ3n) is 4.92. The highest BCUT2D eigenvalue weighted by molar-refractivity contribution is 5.92. The van der Waals surface area contributed by atoms with E-state index >= 15 is 0 Å². The fraction of sp³-hybridized carbons (Fsp3) is 0.556. The summed E-state index contributed by atoms with van der Waals surface area (Å²) >= 11 is 0. The summed E-state index contributed by atoms with van der Waals surface area (Å²) in [6, 6.07) is 9.83. The van der Waals surface area contributed by atoms with E-state index in [1.165, 1.54) is 0 Å². The Kier molecular flexibility index (Phi) is 4.24. The van der Waals surface area contributed by atoms with Gasteiger partial charge in [0.15, 0.2) is 18.5 Å². The van der Waals surface area contributed by atoms with Crippen LogP contribution >= 0.6 is 0 Å². The number of morpholine rings is 1. The maximum atomic E-state index is 12.7. The number of carbonyl (C=O) groups excluding carboxylic acids is 2. The molecule has 0 spiro atoms. The standard InChI is InChI=1S/C18H22N2O4/c21-17(19-9-5-2-6-10-19)15-16-18(22)20(12-14(23-15)24-16)11-13-7-3-1-4-8-13/h1,3-4,7-8,14-16H,2,5-6,9-12H2/t14-,15-,16-/m1/s1. The van der Waals surface area contributed by atoms with Crippen molar-refractivity contribution in [1.82, 2.24) is 9.80 Å². The minimum atomic E-state index is -0.804. The van der Waals surface area contributed by atoms with Gasteiger partial charge in [0.1, 0.15) is 0 Å². The van der Waals surface area contributed by atoms with Gasteiger partial charge in [-0.25, -0.2) is 0 Å². The van der Waals surface area contributed by atoms with Gasteiger partial charge in [-0.1, -0.05) is 30.3 Å². The number of likely N-dealkylation sites (tertiary alicyclic amines) is 1. The minimum Gasteiger partial charge on any atom is -0.340 e. The number of amides is 2. The zero-order valence-electron chi connectivity index (χ0n) is 13.6. The van der Waals surface area contributed by atoms with Crippen molar-refractivity contribution in [3.8, 4) is 0 Å². The van der Waals surface area contributed by atoms with Crippen molar-refractivity contribution >= 4 is 11.8 Å². The number of nitrogens with zero attached hydrogens (tertiary/aromatic N) is 2. The quantitative estimate of drug-likeness (QED) is 0.834. The van der Waals surface area contributed by atoms with Crippen LogP contribution in [0, 0.1) is 0 Å². The molecule has 3 aliphatic heterocycles. The van der Waals surface area contributed by atoms with E-state index < -0.39 is 18.5 Å². The van der Waals surface area contributed by atoms with E-state index in [1.807, 2.05) is 35.2 Å². The van der Waals surface area contributed by atoms with E-state index in [1.54, 1.807) is 4.90 Å². The van der Waals surface area contributed by atoms with E-state index in [0.29, 0.717) is 13.1 Å². The fourth-order valence-electron chi connectivity index (χ4n) is 3.65. The van der Waals surface area contributed by atoms with E-state index in [2.05, 4.69) is 0 Å². The normalized spacial score (nSPS) is 29.8. The van der Waals surface area contributed by atoms with Gasteiger partial charge < -0.3 is 19.3 Å². The highest BCUT2D eigenvalue weighted by atomic mass is 16.7. The minimum absolute atomic E-state index is 0.0999. The molecule has 6 nitrogen and oxygen atoms in total. The lowest BCUT2D eigenvalue weighted by Crippen LogP contribution is -2.52. The molecular weight excluding hydrogens is 308 g/mol. The predicted molar refractivity (Wildman–Crippen MR) is 85.8 cm³/mol. The number of fused-ring (bicyclic) bond motifs is 2. The molecule has 0 N–H and O–H groups in total. The molecule has 3 saturated heterocycles. The van der Waals surface area contributed by atoms with Gasteiger partial charge in [-0.3, -0.25) is 9.59 Å². The molecular formula is C18H22N2O4. The third kappa shape index (κ3) is 2.91. The smallest absolute Gasteiger partial charge is 0.255 e. The monoisotopic (exact) mass is 330 g/mol. The van der Waals surface area contributed by atoms with Crippen molar-refractivity contribution in [2.75, 3.05) is 19.6 Å². The van der Waals surface area contributed by atoms with Gasteiger partial charge in [-0.05, 0) is 24.8 Å². The van der Waals surface area contributed by atoms with Gasteiger partial charge in [-0.15, -0.1) is 0 Å². The van der Waals surface area contributed by atoms with Gasteiger partial charge >= 0.3 is 0 Å². The summed E-state index contributed by atoms with van der Waals surface area (Å²) in [7, 11) is 0. The van der Waals surface area contributed by atoms with Crippen LogP contribution in [-0.2, 0) is 25.6 Å². The number of rotatable bonds is 3. The Bertz CT molecular complexity index is 615. The second-order valence-corrected chi connectivity index (χ2v) is 6.63. The molecule has 0 aromatic heterocycles. The Hall–Kier alpha value is -1.92. The zero-order chi connectivity index (χ0) is 16.5. The molecule has 1 aromatic carbocycles.